The van der Waals surface area contributed by atoms with Crippen molar-refractivity contribution >= 4 is 29.1 Å². The van der Waals surface area contributed by atoms with Gasteiger partial charge in [0.1, 0.15) is 5.78 Å². The van der Waals surface area contributed by atoms with Crippen LogP contribution < -0.4 is 5.73 Å². The molecule has 1 aromatic carbocycles. The smallest absolute Gasteiger partial charge is 0.336 e. The first-order valence-corrected chi connectivity index (χ1v) is 10.7. The van der Waals surface area contributed by atoms with E-state index in [9.17, 15) is 9.59 Å². The van der Waals surface area contributed by atoms with Crippen molar-refractivity contribution in [2.45, 2.75) is 39.5 Å². The molecule has 0 radical (unpaired) electrons. The highest BCUT2D eigenvalue weighted by molar-refractivity contribution is 6.30. The van der Waals surface area contributed by atoms with E-state index in [-0.39, 0.29) is 24.4 Å². The quantitative estimate of drug-likeness (QED) is 0.524. The average molecular weight is 433 g/mol. The number of nitrogens with two attached hydrogens (primary N) is 1. The topological polar surface area (TPSA) is 91.0 Å². The molecule has 0 amide bonds. The number of benzene rings is 1. The van der Waals surface area contributed by atoms with Crippen LogP contribution in [0.3, 0.4) is 0 Å². The molecule has 2 atom stereocenters. The lowest BCUT2D eigenvalue weighted by molar-refractivity contribution is -0.139. The number of hydrogen-bond acceptors (Lipinski definition) is 6. The summed E-state index contributed by atoms with van der Waals surface area (Å²) in [7, 11) is 0. The minimum Gasteiger partial charge on any atom is -0.463 e. The lowest BCUT2D eigenvalue weighted by Gasteiger charge is -2.41. The Kier molecular flexibility index (Phi) is 7.11. The van der Waals surface area contributed by atoms with Gasteiger partial charge in [0.15, 0.2) is 0 Å². The summed E-state index contributed by atoms with van der Waals surface area (Å²) in [4.78, 5) is 31.1. The second-order valence-corrected chi connectivity index (χ2v) is 8.96. The SMILES string of the molecule is CCOC(=O)C1=C(COCCN)N=C2CC(C)(C)CC(=O)C2C1c1cccc(Cl)c1. The van der Waals surface area contributed by atoms with Gasteiger partial charge in [-0.1, -0.05) is 37.6 Å². The van der Waals surface area contributed by atoms with Gasteiger partial charge in [-0.3, -0.25) is 9.79 Å². The lowest BCUT2D eigenvalue weighted by atomic mass is 9.63. The first kappa shape index (κ1) is 22.7. The van der Waals surface area contributed by atoms with Gasteiger partial charge < -0.3 is 15.2 Å². The molecule has 1 aromatic rings. The number of hydrogen-bond donors (Lipinski definition) is 1. The summed E-state index contributed by atoms with van der Waals surface area (Å²) in [6, 6.07) is 7.30. The number of Topliss-reactive ketones (excluding diaryl/α,β-unsaturated/α-hetero) is 1. The third-order valence-electron chi connectivity index (χ3n) is 5.46. The molecule has 1 aliphatic carbocycles. The van der Waals surface area contributed by atoms with E-state index in [2.05, 4.69) is 13.8 Å². The zero-order valence-corrected chi connectivity index (χ0v) is 18.5. The normalized spacial score (nSPS) is 23.1. The molecular formula is C23H29ClN2O4. The zero-order valence-electron chi connectivity index (χ0n) is 17.7. The van der Waals surface area contributed by atoms with Crippen LogP contribution in [0.5, 0.6) is 0 Å². The molecule has 0 saturated heterocycles. The fraction of sp³-hybridized carbons (Fsp3) is 0.522. The fourth-order valence-corrected chi connectivity index (χ4v) is 4.57. The fourth-order valence-electron chi connectivity index (χ4n) is 4.37. The number of ether oxygens (including phenoxy) is 2. The van der Waals surface area contributed by atoms with E-state index in [0.717, 1.165) is 11.3 Å². The summed E-state index contributed by atoms with van der Waals surface area (Å²) in [5.74, 6) is -1.41. The monoisotopic (exact) mass is 432 g/mol. The molecule has 6 nitrogen and oxygen atoms in total. The second-order valence-electron chi connectivity index (χ2n) is 8.52. The molecule has 0 bridgehead atoms. The summed E-state index contributed by atoms with van der Waals surface area (Å²) in [6.07, 6.45) is 1.11. The van der Waals surface area contributed by atoms with Crippen molar-refractivity contribution in [2.24, 2.45) is 22.1 Å². The molecule has 2 unspecified atom stereocenters. The van der Waals surface area contributed by atoms with E-state index >= 15 is 0 Å². The van der Waals surface area contributed by atoms with Crippen molar-refractivity contribution in [3.63, 3.8) is 0 Å². The Morgan fingerprint density at radius 1 is 1.30 bits per heavy atom. The Bertz CT molecular complexity index is 891. The Balaban J connectivity index is 2.18. The number of aliphatic imine (C=N–C) groups is 1. The van der Waals surface area contributed by atoms with Gasteiger partial charge in [0.05, 0.1) is 37.0 Å². The van der Waals surface area contributed by atoms with Gasteiger partial charge in [-0.2, -0.15) is 0 Å². The zero-order chi connectivity index (χ0) is 21.9. The average Bonchev–Trinajstić information content (AvgIpc) is 2.66. The van der Waals surface area contributed by atoms with E-state index in [1.807, 2.05) is 12.1 Å². The Hall–Kier alpha value is -2.02. The van der Waals surface area contributed by atoms with Gasteiger partial charge in [-0.25, -0.2) is 4.79 Å². The molecule has 1 heterocycles. The van der Waals surface area contributed by atoms with E-state index < -0.39 is 17.8 Å². The van der Waals surface area contributed by atoms with Gasteiger partial charge >= 0.3 is 5.97 Å². The van der Waals surface area contributed by atoms with Crippen LogP contribution in [0, 0.1) is 11.3 Å². The summed E-state index contributed by atoms with van der Waals surface area (Å²) in [5.41, 5.74) is 7.84. The van der Waals surface area contributed by atoms with Crippen LogP contribution in [-0.2, 0) is 19.1 Å². The highest BCUT2D eigenvalue weighted by Gasteiger charge is 2.48. The molecule has 1 fully saturated rings. The van der Waals surface area contributed by atoms with E-state index in [1.165, 1.54) is 0 Å². The third-order valence-corrected chi connectivity index (χ3v) is 5.69. The van der Waals surface area contributed by atoms with E-state index in [0.29, 0.717) is 42.3 Å². The number of carbonyl (C=O) groups is 2. The molecule has 7 heteroatoms. The maximum absolute atomic E-state index is 13.3. The number of rotatable bonds is 7. The molecular weight excluding hydrogens is 404 g/mol. The Labute approximate surface area is 182 Å². The second kappa shape index (κ2) is 9.41. The van der Waals surface area contributed by atoms with Crippen LogP contribution in [-0.4, -0.2) is 43.8 Å². The van der Waals surface area contributed by atoms with Crippen molar-refractivity contribution in [3.05, 3.63) is 46.1 Å². The van der Waals surface area contributed by atoms with Crippen molar-refractivity contribution in [3.8, 4) is 0 Å². The van der Waals surface area contributed by atoms with Crippen LogP contribution in [0.25, 0.3) is 0 Å². The molecule has 2 aliphatic rings. The highest BCUT2D eigenvalue weighted by Crippen LogP contribution is 2.47. The van der Waals surface area contributed by atoms with E-state index in [4.69, 9.17) is 31.8 Å². The maximum Gasteiger partial charge on any atom is 0.336 e. The lowest BCUT2D eigenvalue weighted by Crippen LogP contribution is -2.44. The molecule has 0 spiro atoms. The van der Waals surface area contributed by atoms with Gasteiger partial charge in [0, 0.05) is 29.6 Å². The van der Waals surface area contributed by atoms with Crippen molar-refractivity contribution < 1.29 is 19.1 Å². The molecule has 30 heavy (non-hydrogen) atoms. The Morgan fingerprint density at radius 2 is 2.07 bits per heavy atom. The molecule has 1 saturated carbocycles. The van der Waals surface area contributed by atoms with Crippen molar-refractivity contribution in [2.75, 3.05) is 26.4 Å². The molecule has 2 N–H and O–H groups in total. The summed E-state index contributed by atoms with van der Waals surface area (Å²) < 4.78 is 11.0. The van der Waals surface area contributed by atoms with Crippen LogP contribution >= 0.6 is 11.6 Å². The third kappa shape index (κ3) is 4.82. The Morgan fingerprint density at radius 3 is 2.73 bits per heavy atom. The first-order valence-electron chi connectivity index (χ1n) is 10.3. The van der Waals surface area contributed by atoms with Crippen LogP contribution in [0.2, 0.25) is 5.02 Å². The van der Waals surface area contributed by atoms with Crippen LogP contribution in [0.15, 0.2) is 40.5 Å². The summed E-state index contributed by atoms with van der Waals surface area (Å²) >= 11 is 6.26. The molecule has 3 rings (SSSR count). The number of nitrogens with zero attached hydrogens (tertiary/aromatic N) is 1. The molecule has 162 valence electrons. The van der Waals surface area contributed by atoms with Gasteiger partial charge in [0.25, 0.3) is 0 Å². The molecule has 0 aromatic heterocycles. The summed E-state index contributed by atoms with van der Waals surface area (Å²) in [5, 5.41) is 0.546. The van der Waals surface area contributed by atoms with Crippen molar-refractivity contribution in [1.82, 2.24) is 0 Å². The summed E-state index contributed by atoms with van der Waals surface area (Å²) in [6.45, 7) is 6.95. The number of halogens is 1. The van der Waals surface area contributed by atoms with E-state index in [1.54, 1.807) is 19.1 Å². The first-order chi connectivity index (χ1) is 14.3. The minimum atomic E-state index is -0.505. The largest absolute Gasteiger partial charge is 0.463 e. The van der Waals surface area contributed by atoms with Crippen LogP contribution in [0.1, 0.15) is 45.1 Å². The molecule has 1 aliphatic heterocycles. The highest BCUT2D eigenvalue weighted by atomic mass is 35.5. The van der Waals surface area contributed by atoms with Gasteiger partial charge in [-0.05, 0) is 36.5 Å². The van der Waals surface area contributed by atoms with Crippen LogP contribution in [0.4, 0.5) is 0 Å². The predicted molar refractivity (Wildman–Crippen MR) is 117 cm³/mol. The number of fused-ring (bicyclic) bond motifs is 1. The van der Waals surface area contributed by atoms with Gasteiger partial charge in [0.2, 0.25) is 0 Å². The number of carbonyl (C=O) groups excluding carboxylic acids is 2. The number of esters is 1. The number of ketones is 1. The predicted octanol–water partition coefficient (Wildman–Crippen LogP) is 3.68. The maximum atomic E-state index is 13.3. The van der Waals surface area contributed by atoms with Gasteiger partial charge in [-0.15, -0.1) is 0 Å². The minimum absolute atomic E-state index is 0.0821. The van der Waals surface area contributed by atoms with Crippen molar-refractivity contribution in [1.29, 1.82) is 0 Å². The standard InChI is InChI=1S/C23H29ClN2O4/c1-4-30-22(28)21-17(13-29-9-8-25)26-16-11-23(2,3)12-18(27)20(16)19(21)14-6-5-7-15(24)10-14/h5-7,10,19-20H,4,8-9,11-13,25H2,1-3H3.